The summed E-state index contributed by atoms with van der Waals surface area (Å²) in [4.78, 5) is 38.6. The Morgan fingerprint density at radius 2 is 1.93 bits per heavy atom. The maximum Gasteiger partial charge on any atom is 0.294 e. The van der Waals surface area contributed by atoms with Crippen molar-refractivity contribution in [3.8, 4) is 5.75 Å². The molecule has 7 nitrogen and oxygen atoms in total. The molecule has 1 aromatic heterocycles. The molecule has 2 heterocycles. The number of anilines is 1. The number of nitrogens with zero attached hydrogens (tertiary/aromatic N) is 2. The van der Waals surface area contributed by atoms with Crippen molar-refractivity contribution in [2.45, 2.75) is 33.7 Å². The first-order valence-corrected chi connectivity index (χ1v) is 10.6. The van der Waals surface area contributed by atoms with Crippen LogP contribution in [-0.4, -0.2) is 39.7 Å². The fourth-order valence-corrected chi connectivity index (χ4v) is 4.02. The summed E-state index contributed by atoms with van der Waals surface area (Å²) >= 11 is 0.849. The third-order valence-electron chi connectivity index (χ3n) is 4.55. The average molecular weight is 428 g/mol. The lowest BCUT2D eigenvalue weighted by molar-refractivity contribution is -0.127. The zero-order valence-corrected chi connectivity index (χ0v) is 18.3. The topological polar surface area (TPSA) is 80.6 Å². The maximum absolute atomic E-state index is 12.7. The van der Waals surface area contributed by atoms with Crippen LogP contribution in [0.1, 0.15) is 38.1 Å². The number of aromatic nitrogens is 1. The van der Waals surface area contributed by atoms with E-state index in [0.717, 1.165) is 27.9 Å². The molecule has 1 aromatic carbocycles. The van der Waals surface area contributed by atoms with E-state index in [0.29, 0.717) is 29.0 Å². The summed E-state index contributed by atoms with van der Waals surface area (Å²) in [5.41, 5.74) is 2.49. The summed E-state index contributed by atoms with van der Waals surface area (Å²) in [6.07, 6.45) is 3.65. The van der Waals surface area contributed by atoms with Gasteiger partial charge in [-0.25, -0.2) is 0 Å². The van der Waals surface area contributed by atoms with Crippen LogP contribution in [0, 0.1) is 6.92 Å². The second kappa shape index (κ2) is 9.21. The summed E-state index contributed by atoms with van der Waals surface area (Å²) in [6.45, 7) is 8.26. The van der Waals surface area contributed by atoms with Gasteiger partial charge in [-0.3, -0.25) is 19.3 Å². The molecular formula is C22H25N3O4S. The van der Waals surface area contributed by atoms with Crippen LogP contribution in [-0.2, 0) is 9.59 Å². The number of carbonyl (C=O) groups excluding carboxylic acids is 3. The molecule has 8 heteroatoms. The fourth-order valence-electron chi connectivity index (χ4n) is 3.18. The van der Waals surface area contributed by atoms with Crippen molar-refractivity contribution < 1.29 is 19.1 Å². The summed E-state index contributed by atoms with van der Waals surface area (Å²) in [6, 6.07) is 9.16. The van der Waals surface area contributed by atoms with Gasteiger partial charge in [0, 0.05) is 23.6 Å². The molecule has 1 N–H and O–H groups in total. The summed E-state index contributed by atoms with van der Waals surface area (Å²) in [5.74, 6) is -0.195. The number of thioether (sulfide) groups is 1. The quantitative estimate of drug-likeness (QED) is 0.660. The molecule has 1 saturated heterocycles. The molecule has 1 aliphatic heterocycles. The molecular weight excluding hydrogens is 402 g/mol. The molecule has 158 valence electrons. The molecule has 0 radical (unpaired) electrons. The number of rotatable bonds is 7. The predicted molar refractivity (Wildman–Crippen MR) is 118 cm³/mol. The van der Waals surface area contributed by atoms with Crippen molar-refractivity contribution in [1.29, 1.82) is 0 Å². The van der Waals surface area contributed by atoms with Crippen molar-refractivity contribution in [2.75, 3.05) is 18.5 Å². The van der Waals surface area contributed by atoms with Crippen LogP contribution >= 0.6 is 11.8 Å². The van der Waals surface area contributed by atoms with Gasteiger partial charge in [-0.2, -0.15) is 0 Å². The number of amides is 3. The van der Waals surface area contributed by atoms with Crippen LogP contribution in [0.4, 0.5) is 10.5 Å². The number of imide groups is 1. The molecule has 30 heavy (non-hydrogen) atoms. The highest BCUT2D eigenvalue weighted by Gasteiger charge is 2.36. The van der Waals surface area contributed by atoms with Gasteiger partial charge in [-0.1, -0.05) is 0 Å². The standard InChI is InChI=1S/C22H25N3O4S/c1-5-29-18-8-6-17(7-9-18)23-20(26)13-25-21(27)19(30-22(25)28)11-16-10-15(4)24(12-16)14(2)3/h6-12,14H,5,13H2,1-4H3,(H,23,26)/b19-11+. The minimum absolute atomic E-state index is 0.300. The third-order valence-corrected chi connectivity index (χ3v) is 5.46. The molecule has 0 spiro atoms. The van der Waals surface area contributed by atoms with Crippen molar-refractivity contribution in [1.82, 2.24) is 9.47 Å². The Morgan fingerprint density at radius 3 is 2.53 bits per heavy atom. The highest BCUT2D eigenvalue weighted by atomic mass is 32.2. The molecule has 0 aliphatic carbocycles. The van der Waals surface area contributed by atoms with Gasteiger partial charge in [-0.15, -0.1) is 0 Å². The fraction of sp³-hybridized carbons (Fsp3) is 0.318. The summed E-state index contributed by atoms with van der Waals surface area (Å²) in [7, 11) is 0. The Hall–Kier alpha value is -3.00. The van der Waals surface area contributed by atoms with Gasteiger partial charge in [0.15, 0.2) is 0 Å². The Labute approximate surface area is 180 Å². The van der Waals surface area contributed by atoms with Gasteiger partial charge in [-0.05, 0) is 81.4 Å². The molecule has 0 atom stereocenters. The molecule has 0 unspecified atom stereocenters. The highest BCUT2D eigenvalue weighted by Crippen LogP contribution is 2.32. The van der Waals surface area contributed by atoms with E-state index in [1.165, 1.54) is 0 Å². The Bertz CT molecular complexity index is 992. The van der Waals surface area contributed by atoms with E-state index in [1.807, 2.05) is 26.1 Å². The van der Waals surface area contributed by atoms with E-state index in [2.05, 4.69) is 23.7 Å². The monoisotopic (exact) mass is 427 g/mol. The minimum Gasteiger partial charge on any atom is -0.494 e. The van der Waals surface area contributed by atoms with E-state index in [4.69, 9.17) is 4.74 Å². The van der Waals surface area contributed by atoms with Crippen LogP contribution in [0.5, 0.6) is 5.75 Å². The van der Waals surface area contributed by atoms with E-state index in [-0.39, 0.29) is 6.54 Å². The lowest BCUT2D eigenvalue weighted by Crippen LogP contribution is -2.36. The highest BCUT2D eigenvalue weighted by molar-refractivity contribution is 8.18. The molecule has 3 amide bonds. The number of hydrogen-bond acceptors (Lipinski definition) is 5. The van der Waals surface area contributed by atoms with E-state index in [9.17, 15) is 14.4 Å². The SMILES string of the molecule is CCOc1ccc(NC(=O)CN2C(=O)S/C(=C/c3cc(C)n(C(C)C)c3)C2=O)cc1. The number of aryl methyl sites for hydroxylation is 1. The van der Waals surface area contributed by atoms with Crippen LogP contribution in [0.15, 0.2) is 41.4 Å². The summed E-state index contributed by atoms with van der Waals surface area (Å²) in [5, 5.41) is 2.24. The molecule has 2 aromatic rings. The number of benzene rings is 1. The molecule has 0 saturated carbocycles. The average Bonchev–Trinajstić information content (AvgIpc) is 3.18. The number of ether oxygens (including phenoxy) is 1. The maximum atomic E-state index is 12.7. The normalized spacial score (nSPS) is 15.4. The number of hydrogen-bond donors (Lipinski definition) is 1. The number of carbonyl (C=O) groups is 3. The molecule has 1 aliphatic rings. The van der Waals surface area contributed by atoms with E-state index < -0.39 is 17.1 Å². The van der Waals surface area contributed by atoms with Gasteiger partial charge >= 0.3 is 0 Å². The van der Waals surface area contributed by atoms with Crippen LogP contribution in [0.3, 0.4) is 0 Å². The smallest absolute Gasteiger partial charge is 0.294 e. The lowest BCUT2D eigenvalue weighted by Gasteiger charge is -2.12. The van der Waals surface area contributed by atoms with Crippen molar-refractivity contribution in [3.05, 3.63) is 52.7 Å². The van der Waals surface area contributed by atoms with Crippen LogP contribution in [0.25, 0.3) is 6.08 Å². The van der Waals surface area contributed by atoms with Crippen molar-refractivity contribution in [3.63, 3.8) is 0 Å². The lowest BCUT2D eigenvalue weighted by atomic mass is 10.2. The number of nitrogens with one attached hydrogen (secondary N) is 1. The minimum atomic E-state index is -0.457. The zero-order valence-electron chi connectivity index (χ0n) is 17.5. The van der Waals surface area contributed by atoms with Crippen LogP contribution < -0.4 is 10.1 Å². The first-order valence-electron chi connectivity index (χ1n) is 9.75. The second-order valence-electron chi connectivity index (χ2n) is 7.19. The molecule has 0 bridgehead atoms. The van der Waals surface area contributed by atoms with E-state index >= 15 is 0 Å². The Kier molecular flexibility index (Phi) is 6.66. The van der Waals surface area contributed by atoms with Gasteiger partial charge in [0.05, 0.1) is 11.5 Å². The van der Waals surface area contributed by atoms with Crippen molar-refractivity contribution in [2.24, 2.45) is 0 Å². The van der Waals surface area contributed by atoms with Crippen LogP contribution in [0.2, 0.25) is 0 Å². The zero-order chi connectivity index (χ0) is 21.8. The van der Waals surface area contributed by atoms with Gasteiger partial charge in [0.1, 0.15) is 12.3 Å². The Morgan fingerprint density at radius 1 is 1.23 bits per heavy atom. The molecule has 1 fully saturated rings. The van der Waals surface area contributed by atoms with Gasteiger partial charge in [0.25, 0.3) is 11.1 Å². The van der Waals surface area contributed by atoms with Crippen molar-refractivity contribution >= 4 is 40.6 Å². The predicted octanol–water partition coefficient (Wildman–Crippen LogP) is 4.45. The van der Waals surface area contributed by atoms with Gasteiger partial charge < -0.3 is 14.6 Å². The van der Waals surface area contributed by atoms with E-state index in [1.54, 1.807) is 30.3 Å². The first kappa shape index (κ1) is 21.7. The largest absolute Gasteiger partial charge is 0.494 e. The first-order chi connectivity index (χ1) is 14.3. The Balaban J connectivity index is 1.65. The molecule has 3 rings (SSSR count). The summed E-state index contributed by atoms with van der Waals surface area (Å²) < 4.78 is 7.46. The second-order valence-corrected chi connectivity index (χ2v) is 8.18. The van der Waals surface area contributed by atoms with Gasteiger partial charge in [0.2, 0.25) is 5.91 Å². The third kappa shape index (κ3) is 4.94.